The van der Waals surface area contributed by atoms with E-state index in [1.807, 2.05) is 0 Å². The maximum atomic E-state index is 12.2. The maximum absolute atomic E-state index is 12.2. The highest BCUT2D eigenvalue weighted by molar-refractivity contribution is 7.14. The number of carbonyl (C=O) groups is 2. The summed E-state index contributed by atoms with van der Waals surface area (Å²) in [5.41, 5.74) is 1.27. The number of benzene rings is 2. The molecule has 2 amide bonds. The maximum Gasteiger partial charge on any atom is 0.275 e. The van der Waals surface area contributed by atoms with Gasteiger partial charge in [-0.2, -0.15) is 0 Å². The number of hydrogen-bond donors (Lipinski definition) is 2. The second-order valence-electron chi connectivity index (χ2n) is 4.96. The van der Waals surface area contributed by atoms with Crippen LogP contribution >= 0.6 is 34.5 Å². The highest BCUT2D eigenvalue weighted by Crippen LogP contribution is 2.19. The summed E-state index contributed by atoms with van der Waals surface area (Å²) in [7, 11) is 0. The van der Waals surface area contributed by atoms with Gasteiger partial charge in [0.2, 0.25) is 0 Å². The number of carbonyl (C=O) groups excluding carboxylic acids is 2. The third kappa shape index (κ3) is 4.57. The van der Waals surface area contributed by atoms with E-state index in [-0.39, 0.29) is 17.5 Å². The van der Waals surface area contributed by atoms with Gasteiger partial charge >= 0.3 is 0 Å². The first kappa shape index (κ1) is 17.4. The molecule has 5 nitrogen and oxygen atoms in total. The molecule has 0 bridgehead atoms. The molecule has 0 saturated heterocycles. The van der Waals surface area contributed by atoms with Crippen molar-refractivity contribution in [2.75, 3.05) is 10.6 Å². The zero-order valence-electron chi connectivity index (χ0n) is 12.6. The van der Waals surface area contributed by atoms with Crippen LogP contribution in [0.4, 0.5) is 10.8 Å². The minimum Gasteiger partial charge on any atom is -0.321 e. The molecular formula is C17H11Cl2N3O2S. The summed E-state index contributed by atoms with van der Waals surface area (Å²) in [5, 5.41) is 8.40. The van der Waals surface area contributed by atoms with Crippen LogP contribution in [0.1, 0.15) is 20.8 Å². The van der Waals surface area contributed by atoms with Crippen LogP contribution in [0.25, 0.3) is 0 Å². The second kappa shape index (κ2) is 7.65. The Kier molecular flexibility index (Phi) is 5.33. The molecule has 0 unspecified atom stereocenters. The molecule has 0 spiro atoms. The van der Waals surface area contributed by atoms with E-state index < -0.39 is 0 Å². The average Bonchev–Trinajstić information content (AvgIpc) is 3.06. The number of halogens is 2. The van der Waals surface area contributed by atoms with E-state index in [1.165, 1.54) is 11.3 Å². The predicted molar refractivity (Wildman–Crippen MR) is 101 cm³/mol. The number of anilines is 2. The van der Waals surface area contributed by atoms with Crippen molar-refractivity contribution in [3.63, 3.8) is 0 Å². The van der Waals surface area contributed by atoms with Crippen molar-refractivity contribution >= 4 is 57.2 Å². The minimum atomic E-state index is -0.370. The predicted octanol–water partition coefficient (Wildman–Crippen LogP) is 4.95. The first-order valence-corrected chi connectivity index (χ1v) is 8.74. The number of thiazole rings is 1. The van der Waals surface area contributed by atoms with Crippen molar-refractivity contribution in [1.82, 2.24) is 4.98 Å². The summed E-state index contributed by atoms with van der Waals surface area (Å²) >= 11 is 12.8. The van der Waals surface area contributed by atoms with Gasteiger partial charge in [0.15, 0.2) is 5.13 Å². The molecule has 0 radical (unpaired) electrons. The van der Waals surface area contributed by atoms with Crippen LogP contribution in [-0.2, 0) is 0 Å². The molecule has 0 atom stereocenters. The summed E-state index contributed by atoms with van der Waals surface area (Å²) < 4.78 is 0. The van der Waals surface area contributed by atoms with Gasteiger partial charge in [0.05, 0.1) is 0 Å². The van der Waals surface area contributed by atoms with Crippen molar-refractivity contribution in [2.24, 2.45) is 0 Å². The molecule has 25 heavy (non-hydrogen) atoms. The van der Waals surface area contributed by atoms with Crippen molar-refractivity contribution in [2.45, 2.75) is 0 Å². The Labute approximate surface area is 157 Å². The summed E-state index contributed by atoms with van der Waals surface area (Å²) in [4.78, 5) is 28.4. The lowest BCUT2D eigenvalue weighted by atomic mass is 10.2. The van der Waals surface area contributed by atoms with Crippen LogP contribution in [0.3, 0.4) is 0 Å². The van der Waals surface area contributed by atoms with Gasteiger partial charge in [-0.1, -0.05) is 23.2 Å². The topological polar surface area (TPSA) is 71.1 Å². The number of hydrogen-bond acceptors (Lipinski definition) is 4. The molecule has 0 saturated carbocycles. The summed E-state index contributed by atoms with van der Waals surface area (Å²) in [6.07, 6.45) is 0. The van der Waals surface area contributed by atoms with E-state index in [9.17, 15) is 9.59 Å². The Morgan fingerprint density at radius 2 is 1.44 bits per heavy atom. The van der Waals surface area contributed by atoms with E-state index in [0.717, 1.165) is 0 Å². The number of aromatic nitrogens is 1. The van der Waals surface area contributed by atoms with Crippen molar-refractivity contribution in [1.29, 1.82) is 0 Å². The molecule has 2 N–H and O–H groups in total. The zero-order valence-corrected chi connectivity index (χ0v) is 15.0. The molecule has 0 aliphatic heterocycles. The molecule has 8 heteroatoms. The van der Waals surface area contributed by atoms with Gasteiger partial charge in [-0.15, -0.1) is 11.3 Å². The highest BCUT2D eigenvalue weighted by Gasteiger charge is 2.13. The first-order valence-electron chi connectivity index (χ1n) is 7.10. The van der Waals surface area contributed by atoms with Gasteiger partial charge in [0.1, 0.15) is 5.69 Å². The largest absolute Gasteiger partial charge is 0.321 e. The smallest absolute Gasteiger partial charge is 0.275 e. The second-order valence-corrected chi connectivity index (χ2v) is 6.69. The number of nitrogens with zero attached hydrogens (tertiary/aromatic N) is 1. The lowest BCUT2D eigenvalue weighted by Crippen LogP contribution is -2.14. The van der Waals surface area contributed by atoms with Gasteiger partial charge in [0.25, 0.3) is 11.8 Å². The van der Waals surface area contributed by atoms with Gasteiger partial charge in [-0.3, -0.25) is 14.9 Å². The molecule has 0 fully saturated rings. The molecular weight excluding hydrogens is 381 g/mol. The molecule has 0 aliphatic carbocycles. The average molecular weight is 392 g/mol. The standard InChI is InChI=1S/C17H11Cl2N3O2S/c18-11-3-1-10(2-4-11)15(23)22-17-21-14(9-25-17)16(24)20-13-7-5-12(19)6-8-13/h1-9H,(H,20,24)(H,21,22,23). The summed E-state index contributed by atoms with van der Waals surface area (Å²) in [5.74, 6) is -0.693. The summed E-state index contributed by atoms with van der Waals surface area (Å²) in [6, 6.07) is 13.2. The van der Waals surface area contributed by atoms with Crippen molar-refractivity contribution in [3.05, 3.63) is 75.2 Å². The van der Waals surface area contributed by atoms with Crippen LogP contribution in [0.5, 0.6) is 0 Å². The minimum absolute atomic E-state index is 0.214. The van der Waals surface area contributed by atoms with E-state index >= 15 is 0 Å². The lowest BCUT2D eigenvalue weighted by Gasteiger charge is -2.03. The van der Waals surface area contributed by atoms with Crippen LogP contribution in [0.15, 0.2) is 53.9 Å². The summed E-state index contributed by atoms with van der Waals surface area (Å²) in [6.45, 7) is 0. The lowest BCUT2D eigenvalue weighted by molar-refractivity contribution is 0.101. The number of nitrogens with one attached hydrogen (secondary N) is 2. The molecule has 126 valence electrons. The van der Waals surface area contributed by atoms with Crippen LogP contribution in [0, 0.1) is 0 Å². The van der Waals surface area contributed by atoms with E-state index in [4.69, 9.17) is 23.2 Å². The van der Waals surface area contributed by atoms with Crippen LogP contribution in [0.2, 0.25) is 10.0 Å². The fourth-order valence-corrected chi connectivity index (χ4v) is 2.87. The van der Waals surface area contributed by atoms with Gasteiger partial charge < -0.3 is 5.32 Å². The third-order valence-corrected chi connectivity index (χ3v) is 4.43. The Morgan fingerprint density at radius 1 is 0.840 bits per heavy atom. The van der Waals surface area contributed by atoms with E-state index in [1.54, 1.807) is 53.9 Å². The fourth-order valence-electron chi connectivity index (χ4n) is 1.93. The van der Waals surface area contributed by atoms with Crippen molar-refractivity contribution < 1.29 is 9.59 Å². The highest BCUT2D eigenvalue weighted by atomic mass is 35.5. The zero-order chi connectivity index (χ0) is 17.8. The number of amides is 2. The molecule has 1 aromatic heterocycles. The molecule has 2 aromatic carbocycles. The fraction of sp³-hybridized carbons (Fsp3) is 0. The third-order valence-electron chi connectivity index (χ3n) is 3.17. The van der Waals surface area contributed by atoms with Crippen LogP contribution in [-0.4, -0.2) is 16.8 Å². The van der Waals surface area contributed by atoms with Gasteiger partial charge in [-0.25, -0.2) is 4.98 Å². The van der Waals surface area contributed by atoms with E-state index in [2.05, 4.69) is 15.6 Å². The van der Waals surface area contributed by atoms with E-state index in [0.29, 0.717) is 26.4 Å². The Hall–Kier alpha value is -2.41. The SMILES string of the molecule is O=C(Nc1nc(C(=O)Nc2ccc(Cl)cc2)cs1)c1ccc(Cl)cc1. The normalized spacial score (nSPS) is 10.3. The number of rotatable bonds is 4. The van der Waals surface area contributed by atoms with Gasteiger partial charge in [-0.05, 0) is 48.5 Å². The molecule has 3 rings (SSSR count). The van der Waals surface area contributed by atoms with Crippen LogP contribution < -0.4 is 10.6 Å². The van der Waals surface area contributed by atoms with Crippen molar-refractivity contribution in [3.8, 4) is 0 Å². The Morgan fingerprint density at radius 3 is 2.08 bits per heavy atom. The molecule has 0 aliphatic rings. The first-order chi connectivity index (χ1) is 12.0. The monoisotopic (exact) mass is 391 g/mol. The molecule has 1 heterocycles. The van der Waals surface area contributed by atoms with Gasteiger partial charge in [0, 0.05) is 26.7 Å². The quantitative estimate of drug-likeness (QED) is 0.660. The Bertz CT molecular complexity index is 908. The molecule has 3 aromatic rings. The Balaban J connectivity index is 1.65.